The number of nitrogens with two attached hydrogens (primary N) is 1. The number of para-hydroxylation sites is 3. The summed E-state index contributed by atoms with van der Waals surface area (Å²) in [6.07, 6.45) is 3.19. The summed E-state index contributed by atoms with van der Waals surface area (Å²) in [5.41, 5.74) is 9.40. The Labute approximate surface area is 217 Å². The minimum absolute atomic E-state index is 0.128. The van der Waals surface area contributed by atoms with Crippen molar-refractivity contribution in [3.8, 4) is 0 Å². The maximum absolute atomic E-state index is 13.2. The molecule has 1 heterocycles. The van der Waals surface area contributed by atoms with Crippen molar-refractivity contribution in [3.63, 3.8) is 0 Å². The molecule has 5 N–H and O–H groups in total. The Morgan fingerprint density at radius 3 is 2.35 bits per heavy atom. The SMILES string of the molecule is Nc1ccccc1NC(=O)/C=C/c1ccc(C(NCCN2CCOCC2)C(=O)Nc2ccccc2)cc1. The monoisotopic (exact) mass is 499 g/mol. The van der Waals surface area contributed by atoms with Crippen molar-refractivity contribution >= 4 is 35.0 Å². The number of anilines is 3. The molecule has 0 bridgehead atoms. The third-order valence-corrected chi connectivity index (χ3v) is 6.10. The molecule has 0 radical (unpaired) electrons. The van der Waals surface area contributed by atoms with E-state index in [1.54, 1.807) is 18.2 Å². The molecule has 8 nitrogen and oxygen atoms in total. The molecule has 2 amide bonds. The molecule has 1 fully saturated rings. The lowest BCUT2D eigenvalue weighted by atomic mass is 10.0. The molecule has 0 spiro atoms. The fourth-order valence-corrected chi connectivity index (χ4v) is 4.05. The van der Waals surface area contributed by atoms with Crippen molar-refractivity contribution < 1.29 is 14.3 Å². The first-order valence-electron chi connectivity index (χ1n) is 12.4. The van der Waals surface area contributed by atoms with Gasteiger partial charge in [0.2, 0.25) is 11.8 Å². The van der Waals surface area contributed by atoms with Gasteiger partial charge in [0, 0.05) is 37.9 Å². The average Bonchev–Trinajstić information content (AvgIpc) is 2.93. The van der Waals surface area contributed by atoms with E-state index in [2.05, 4.69) is 20.9 Å². The molecule has 1 aliphatic heterocycles. The topological polar surface area (TPSA) is 109 Å². The number of nitrogens with zero attached hydrogens (tertiary/aromatic N) is 1. The van der Waals surface area contributed by atoms with Gasteiger partial charge in [-0.15, -0.1) is 0 Å². The van der Waals surface area contributed by atoms with E-state index in [0.29, 0.717) is 17.9 Å². The number of carbonyl (C=O) groups excluding carboxylic acids is 2. The average molecular weight is 500 g/mol. The molecule has 3 aromatic rings. The predicted octanol–water partition coefficient (Wildman–Crippen LogP) is 3.52. The number of nitrogens with one attached hydrogen (secondary N) is 3. The number of hydrogen-bond donors (Lipinski definition) is 4. The van der Waals surface area contributed by atoms with Gasteiger partial charge in [-0.25, -0.2) is 0 Å². The van der Waals surface area contributed by atoms with E-state index >= 15 is 0 Å². The zero-order valence-electron chi connectivity index (χ0n) is 20.7. The highest BCUT2D eigenvalue weighted by molar-refractivity contribution is 6.03. The normalized spacial score (nSPS) is 14.8. The molecule has 0 saturated carbocycles. The second-order valence-corrected chi connectivity index (χ2v) is 8.77. The first kappa shape index (κ1) is 26.1. The van der Waals surface area contributed by atoms with Crippen molar-refractivity contribution in [2.24, 2.45) is 0 Å². The highest BCUT2D eigenvalue weighted by Crippen LogP contribution is 2.19. The molecule has 3 aromatic carbocycles. The first-order chi connectivity index (χ1) is 18.1. The lowest BCUT2D eigenvalue weighted by molar-refractivity contribution is -0.118. The Morgan fingerprint density at radius 1 is 0.919 bits per heavy atom. The van der Waals surface area contributed by atoms with Crippen LogP contribution in [0.2, 0.25) is 0 Å². The summed E-state index contributed by atoms with van der Waals surface area (Å²) in [6, 6.07) is 23.6. The predicted molar refractivity (Wildman–Crippen MR) is 148 cm³/mol. The Hall–Kier alpha value is -3.98. The second-order valence-electron chi connectivity index (χ2n) is 8.77. The summed E-state index contributed by atoms with van der Waals surface area (Å²) in [6.45, 7) is 4.77. The van der Waals surface area contributed by atoms with Crippen molar-refractivity contribution in [2.75, 3.05) is 55.8 Å². The Bertz CT molecular complexity index is 1190. The van der Waals surface area contributed by atoms with Crippen LogP contribution in [0.5, 0.6) is 0 Å². The van der Waals surface area contributed by atoms with Gasteiger partial charge in [-0.3, -0.25) is 14.5 Å². The third kappa shape index (κ3) is 8.01. The van der Waals surface area contributed by atoms with E-state index in [-0.39, 0.29) is 11.8 Å². The molecule has 192 valence electrons. The molecule has 1 atom stereocenters. The van der Waals surface area contributed by atoms with Crippen LogP contribution in [0.3, 0.4) is 0 Å². The molecular weight excluding hydrogens is 466 g/mol. The van der Waals surface area contributed by atoms with Gasteiger partial charge in [-0.2, -0.15) is 0 Å². The Morgan fingerprint density at radius 2 is 1.62 bits per heavy atom. The summed E-state index contributed by atoms with van der Waals surface area (Å²) < 4.78 is 5.42. The van der Waals surface area contributed by atoms with E-state index in [0.717, 1.165) is 49.7 Å². The third-order valence-electron chi connectivity index (χ3n) is 6.10. The molecule has 4 rings (SSSR count). The number of benzene rings is 3. The van der Waals surface area contributed by atoms with E-state index in [1.165, 1.54) is 6.08 Å². The van der Waals surface area contributed by atoms with Crippen LogP contribution < -0.4 is 21.7 Å². The number of amides is 2. The van der Waals surface area contributed by atoms with Crippen LogP contribution in [0.25, 0.3) is 6.08 Å². The second kappa shape index (κ2) is 13.4. The number of nitrogen functional groups attached to an aromatic ring is 1. The van der Waals surface area contributed by atoms with Gasteiger partial charge in [0.1, 0.15) is 6.04 Å². The van der Waals surface area contributed by atoms with Crippen LogP contribution in [0.1, 0.15) is 17.2 Å². The van der Waals surface area contributed by atoms with Crippen LogP contribution in [-0.2, 0) is 14.3 Å². The molecule has 37 heavy (non-hydrogen) atoms. The zero-order valence-corrected chi connectivity index (χ0v) is 20.7. The van der Waals surface area contributed by atoms with E-state index in [4.69, 9.17) is 10.5 Å². The number of morpholine rings is 1. The van der Waals surface area contributed by atoms with Crippen molar-refractivity contribution in [1.29, 1.82) is 0 Å². The lowest BCUT2D eigenvalue weighted by Gasteiger charge is -2.27. The molecule has 0 aromatic heterocycles. The first-order valence-corrected chi connectivity index (χ1v) is 12.4. The number of hydrogen-bond acceptors (Lipinski definition) is 6. The fourth-order valence-electron chi connectivity index (χ4n) is 4.05. The van der Waals surface area contributed by atoms with E-state index in [1.807, 2.05) is 66.7 Å². The lowest BCUT2D eigenvalue weighted by Crippen LogP contribution is -2.42. The molecule has 1 aliphatic rings. The summed E-state index contributed by atoms with van der Waals surface area (Å²) in [5.74, 6) is -0.400. The fraction of sp³-hybridized carbons (Fsp3) is 0.241. The highest BCUT2D eigenvalue weighted by atomic mass is 16.5. The van der Waals surface area contributed by atoms with E-state index in [9.17, 15) is 9.59 Å². The highest BCUT2D eigenvalue weighted by Gasteiger charge is 2.21. The van der Waals surface area contributed by atoms with Crippen LogP contribution in [0, 0.1) is 0 Å². The quantitative estimate of drug-likeness (QED) is 0.251. The van der Waals surface area contributed by atoms with Crippen LogP contribution in [0.4, 0.5) is 17.1 Å². The van der Waals surface area contributed by atoms with Gasteiger partial charge in [0.25, 0.3) is 0 Å². The number of carbonyl (C=O) groups is 2. The summed E-state index contributed by atoms with van der Waals surface area (Å²) >= 11 is 0. The van der Waals surface area contributed by atoms with Crippen LogP contribution in [-0.4, -0.2) is 56.1 Å². The number of ether oxygens (including phenoxy) is 1. The standard InChI is InChI=1S/C29H33N5O3/c30-25-8-4-5-9-26(25)33-27(35)15-12-22-10-13-23(14-11-22)28(29(36)32-24-6-2-1-3-7-24)31-16-17-34-18-20-37-21-19-34/h1-15,28,31H,16-21,30H2,(H,32,36)(H,33,35)/b15-12+. The zero-order chi connectivity index (χ0) is 25.9. The van der Waals surface area contributed by atoms with Gasteiger partial charge in [-0.05, 0) is 41.5 Å². The molecule has 0 aliphatic carbocycles. The maximum Gasteiger partial charge on any atom is 0.248 e. The maximum atomic E-state index is 13.2. The largest absolute Gasteiger partial charge is 0.397 e. The van der Waals surface area contributed by atoms with Crippen molar-refractivity contribution in [2.45, 2.75) is 6.04 Å². The van der Waals surface area contributed by atoms with Crippen molar-refractivity contribution in [1.82, 2.24) is 10.2 Å². The Kier molecular flexibility index (Phi) is 9.42. The smallest absolute Gasteiger partial charge is 0.248 e. The summed E-state index contributed by atoms with van der Waals surface area (Å²) in [5, 5.41) is 9.19. The minimum Gasteiger partial charge on any atom is -0.397 e. The van der Waals surface area contributed by atoms with Crippen molar-refractivity contribution in [3.05, 3.63) is 96.1 Å². The summed E-state index contributed by atoms with van der Waals surface area (Å²) in [4.78, 5) is 27.8. The van der Waals surface area contributed by atoms with Gasteiger partial charge in [0.05, 0.1) is 24.6 Å². The van der Waals surface area contributed by atoms with E-state index < -0.39 is 6.04 Å². The summed E-state index contributed by atoms with van der Waals surface area (Å²) in [7, 11) is 0. The van der Waals surface area contributed by atoms with Crippen LogP contribution in [0.15, 0.2) is 84.9 Å². The Balaban J connectivity index is 1.40. The molecule has 1 unspecified atom stereocenters. The molecular formula is C29H33N5O3. The molecule has 8 heteroatoms. The number of rotatable bonds is 10. The van der Waals surface area contributed by atoms with Crippen LogP contribution >= 0.6 is 0 Å². The van der Waals surface area contributed by atoms with Gasteiger partial charge < -0.3 is 26.4 Å². The molecule has 1 saturated heterocycles. The van der Waals surface area contributed by atoms with Gasteiger partial charge in [0.15, 0.2) is 0 Å². The van der Waals surface area contributed by atoms with Gasteiger partial charge >= 0.3 is 0 Å². The minimum atomic E-state index is -0.524. The van der Waals surface area contributed by atoms with Gasteiger partial charge in [-0.1, -0.05) is 54.6 Å².